The van der Waals surface area contributed by atoms with Gasteiger partial charge in [-0.2, -0.15) is 0 Å². The largest absolute Gasteiger partial charge is 0.480 e. The van der Waals surface area contributed by atoms with E-state index in [4.69, 9.17) is 5.11 Å². The van der Waals surface area contributed by atoms with Crippen molar-refractivity contribution >= 4 is 27.8 Å². The van der Waals surface area contributed by atoms with E-state index in [-0.39, 0.29) is 18.9 Å². The lowest BCUT2D eigenvalue weighted by atomic mass is 10.2. The Balaban J connectivity index is 2.18. The Hall–Kier alpha value is -1.43. The number of carbonyl (C=O) groups is 2. The standard InChI is InChI=1S/C12H11BrFNO3/c13-8-2-1-7(5-9(8)14)6-15-10(12(17)18)3-4-11(15)16/h1-2,5,10H,3-4,6H2,(H,17,18). The van der Waals surface area contributed by atoms with Crippen LogP contribution in [0.4, 0.5) is 4.39 Å². The Kier molecular flexibility index (Phi) is 3.65. The Morgan fingerprint density at radius 2 is 2.28 bits per heavy atom. The molecule has 1 heterocycles. The molecule has 1 aromatic rings. The maximum Gasteiger partial charge on any atom is 0.326 e. The van der Waals surface area contributed by atoms with E-state index < -0.39 is 17.8 Å². The molecule has 2 rings (SSSR count). The molecule has 0 spiro atoms. The SMILES string of the molecule is O=C(O)C1CCC(=O)N1Cc1ccc(Br)c(F)c1. The van der Waals surface area contributed by atoms with E-state index in [9.17, 15) is 14.0 Å². The van der Waals surface area contributed by atoms with Gasteiger partial charge in [0, 0.05) is 13.0 Å². The number of carboxylic acids is 1. The fourth-order valence-corrected chi connectivity index (χ4v) is 2.27. The molecular weight excluding hydrogens is 305 g/mol. The van der Waals surface area contributed by atoms with Gasteiger partial charge in [-0.15, -0.1) is 0 Å². The zero-order chi connectivity index (χ0) is 13.3. The minimum atomic E-state index is -1.02. The van der Waals surface area contributed by atoms with E-state index in [0.29, 0.717) is 16.5 Å². The van der Waals surface area contributed by atoms with Gasteiger partial charge in [-0.25, -0.2) is 9.18 Å². The Morgan fingerprint density at radius 3 is 2.89 bits per heavy atom. The molecule has 0 radical (unpaired) electrons. The highest BCUT2D eigenvalue weighted by molar-refractivity contribution is 9.10. The number of carboxylic acid groups (broad SMARTS) is 1. The summed E-state index contributed by atoms with van der Waals surface area (Å²) in [5.41, 5.74) is 0.581. The van der Waals surface area contributed by atoms with Crippen LogP contribution in [0.1, 0.15) is 18.4 Å². The van der Waals surface area contributed by atoms with Crippen LogP contribution in [0.3, 0.4) is 0 Å². The van der Waals surface area contributed by atoms with Crippen LogP contribution in [0.25, 0.3) is 0 Å². The van der Waals surface area contributed by atoms with Gasteiger partial charge in [-0.3, -0.25) is 4.79 Å². The summed E-state index contributed by atoms with van der Waals surface area (Å²) in [5.74, 6) is -1.64. The highest BCUT2D eigenvalue weighted by atomic mass is 79.9. The molecule has 1 saturated heterocycles. The van der Waals surface area contributed by atoms with Crippen LogP contribution in [-0.2, 0) is 16.1 Å². The second kappa shape index (κ2) is 5.06. The average molecular weight is 316 g/mol. The molecule has 6 heteroatoms. The lowest BCUT2D eigenvalue weighted by Gasteiger charge is -2.21. The number of carbonyl (C=O) groups excluding carboxylic acids is 1. The second-order valence-electron chi connectivity index (χ2n) is 4.16. The summed E-state index contributed by atoms with van der Waals surface area (Å²) in [6, 6.07) is 3.71. The van der Waals surface area contributed by atoms with Crippen LogP contribution in [0, 0.1) is 5.82 Å². The summed E-state index contributed by atoms with van der Waals surface area (Å²) in [6.45, 7) is 0.125. The van der Waals surface area contributed by atoms with E-state index in [1.807, 2.05) is 0 Å². The third-order valence-electron chi connectivity index (χ3n) is 2.95. The van der Waals surface area contributed by atoms with Crippen LogP contribution in [0.2, 0.25) is 0 Å². The average Bonchev–Trinajstić information content (AvgIpc) is 2.66. The number of hydrogen-bond acceptors (Lipinski definition) is 2. The monoisotopic (exact) mass is 315 g/mol. The number of amides is 1. The van der Waals surface area contributed by atoms with Crippen molar-refractivity contribution in [2.45, 2.75) is 25.4 Å². The van der Waals surface area contributed by atoms with E-state index in [1.54, 1.807) is 12.1 Å². The molecule has 96 valence electrons. The lowest BCUT2D eigenvalue weighted by Crippen LogP contribution is -2.37. The van der Waals surface area contributed by atoms with Crippen LogP contribution < -0.4 is 0 Å². The molecule has 0 saturated carbocycles. The second-order valence-corrected chi connectivity index (χ2v) is 5.02. The van der Waals surface area contributed by atoms with Crippen LogP contribution in [0.5, 0.6) is 0 Å². The van der Waals surface area contributed by atoms with Crippen molar-refractivity contribution in [2.24, 2.45) is 0 Å². The summed E-state index contributed by atoms with van der Waals surface area (Å²) in [5, 5.41) is 9.00. The van der Waals surface area contributed by atoms with Gasteiger partial charge in [0.15, 0.2) is 0 Å². The Bertz CT molecular complexity index is 506. The predicted molar refractivity (Wildman–Crippen MR) is 65.3 cm³/mol. The molecule has 0 aliphatic carbocycles. The number of hydrogen-bond donors (Lipinski definition) is 1. The van der Waals surface area contributed by atoms with Crippen LogP contribution >= 0.6 is 15.9 Å². The maximum absolute atomic E-state index is 13.3. The summed E-state index contributed by atoms with van der Waals surface area (Å²) >= 11 is 3.04. The lowest BCUT2D eigenvalue weighted by molar-refractivity contribution is -0.146. The quantitative estimate of drug-likeness (QED) is 0.930. The van der Waals surface area contributed by atoms with Crippen molar-refractivity contribution in [2.75, 3.05) is 0 Å². The molecule has 1 aliphatic rings. The molecule has 1 atom stereocenters. The number of benzene rings is 1. The van der Waals surface area contributed by atoms with E-state index >= 15 is 0 Å². The van der Waals surface area contributed by atoms with Crippen molar-refractivity contribution in [3.8, 4) is 0 Å². The molecule has 1 fully saturated rings. The zero-order valence-corrected chi connectivity index (χ0v) is 11.0. The smallest absolute Gasteiger partial charge is 0.326 e. The first-order valence-electron chi connectivity index (χ1n) is 5.45. The van der Waals surface area contributed by atoms with Gasteiger partial charge in [-0.05, 0) is 40.0 Å². The highest BCUT2D eigenvalue weighted by Gasteiger charge is 2.35. The van der Waals surface area contributed by atoms with Crippen molar-refractivity contribution in [3.63, 3.8) is 0 Å². The van der Waals surface area contributed by atoms with Gasteiger partial charge in [0.25, 0.3) is 0 Å². The van der Waals surface area contributed by atoms with Gasteiger partial charge < -0.3 is 10.0 Å². The third kappa shape index (κ3) is 2.53. The molecule has 4 nitrogen and oxygen atoms in total. The first-order valence-corrected chi connectivity index (χ1v) is 6.24. The van der Waals surface area contributed by atoms with Crippen molar-refractivity contribution in [1.29, 1.82) is 0 Å². The molecule has 0 aromatic heterocycles. The Morgan fingerprint density at radius 1 is 1.56 bits per heavy atom. The van der Waals surface area contributed by atoms with Gasteiger partial charge >= 0.3 is 5.97 Å². The summed E-state index contributed by atoms with van der Waals surface area (Å²) < 4.78 is 13.7. The van der Waals surface area contributed by atoms with E-state index in [1.165, 1.54) is 11.0 Å². The first kappa shape index (κ1) is 13.0. The summed E-state index contributed by atoms with van der Waals surface area (Å²) in [7, 11) is 0. The molecule has 1 aromatic carbocycles. The fraction of sp³-hybridized carbons (Fsp3) is 0.333. The van der Waals surface area contributed by atoms with Gasteiger partial charge in [-0.1, -0.05) is 6.07 Å². The number of likely N-dealkylation sites (tertiary alicyclic amines) is 1. The van der Waals surface area contributed by atoms with Crippen molar-refractivity contribution in [1.82, 2.24) is 4.90 Å². The molecule has 1 N–H and O–H groups in total. The van der Waals surface area contributed by atoms with Crippen LogP contribution in [-0.4, -0.2) is 27.9 Å². The summed E-state index contributed by atoms with van der Waals surface area (Å²) in [6.07, 6.45) is 0.545. The first-order chi connectivity index (χ1) is 8.49. The van der Waals surface area contributed by atoms with Crippen LogP contribution in [0.15, 0.2) is 22.7 Å². The molecule has 18 heavy (non-hydrogen) atoms. The zero-order valence-electron chi connectivity index (χ0n) is 9.40. The Labute approximate surface area is 112 Å². The van der Waals surface area contributed by atoms with Crippen molar-refractivity contribution < 1.29 is 19.1 Å². The summed E-state index contributed by atoms with van der Waals surface area (Å²) in [4.78, 5) is 23.9. The molecule has 1 aliphatic heterocycles. The predicted octanol–water partition coefficient (Wildman–Crippen LogP) is 2.16. The number of aliphatic carboxylic acids is 1. The molecule has 0 bridgehead atoms. The molecule has 1 unspecified atom stereocenters. The maximum atomic E-state index is 13.3. The fourth-order valence-electron chi connectivity index (χ4n) is 2.02. The minimum absolute atomic E-state index is 0.125. The van der Waals surface area contributed by atoms with Gasteiger partial charge in [0.1, 0.15) is 11.9 Å². The third-order valence-corrected chi connectivity index (χ3v) is 3.59. The van der Waals surface area contributed by atoms with E-state index in [0.717, 1.165) is 0 Å². The number of nitrogens with zero attached hydrogens (tertiary/aromatic N) is 1. The topological polar surface area (TPSA) is 57.6 Å². The minimum Gasteiger partial charge on any atom is -0.480 e. The molecular formula is C12H11BrFNO3. The van der Waals surface area contributed by atoms with Crippen molar-refractivity contribution in [3.05, 3.63) is 34.1 Å². The van der Waals surface area contributed by atoms with E-state index in [2.05, 4.69) is 15.9 Å². The van der Waals surface area contributed by atoms with Gasteiger partial charge in [0.2, 0.25) is 5.91 Å². The highest BCUT2D eigenvalue weighted by Crippen LogP contribution is 2.23. The molecule has 1 amide bonds. The number of rotatable bonds is 3. The normalized spacial score (nSPS) is 19.3. The number of halogens is 2. The van der Waals surface area contributed by atoms with Gasteiger partial charge in [0.05, 0.1) is 4.47 Å².